The van der Waals surface area contributed by atoms with E-state index in [1.165, 1.54) is 0 Å². The van der Waals surface area contributed by atoms with Gasteiger partial charge in [-0.25, -0.2) is 0 Å². The summed E-state index contributed by atoms with van der Waals surface area (Å²) >= 11 is 0. The second kappa shape index (κ2) is 14.7. The third-order valence-electron chi connectivity index (χ3n) is 2.23. The first-order valence-electron chi connectivity index (χ1n) is 6.63. The van der Waals surface area contributed by atoms with Crippen molar-refractivity contribution in [1.82, 2.24) is 0 Å². The maximum absolute atomic E-state index is 2.22. The summed E-state index contributed by atoms with van der Waals surface area (Å²) in [4.78, 5) is 0. The van der Waals surface area contributed by atoms with E-state index in [1.54, 1.807) is 0 Å². The fraction of sp³-hybridized carbons (Fsp3) is 0.412. The van der Waals surface area contributed by atoms with Gasteiger partial charge in [0.25, 0.3) is 0 Å². The average Bonchev–Trinajstić information content (AvgIpc) is 2.35. The van der Waals surface area contributed by atoms with Gasteiger partial charge in [0.2, 0.25) is 0 Å². The molecule has 0 fully saturated rings. The minimum atomic E-state index is 1.04. The van der Waals surface area contributed by atoms with E-state index >= 15 is 0 Å². The van der Waals surface area contributed by atoms with Gasteiger partial charge in [-0.3, -0.25) is 0 Å². The molecule has 0 heterocycles. The summed E-state index contributed by atoms with van der Waals surface area (Å²) in [7, 11) is 0. The van der Waals surface area contributed by atoms with Crippen molar-refractivity contribution in [3.05, 3.63) is 60.8 Å². The van der Waals surface area contributed by atoms with Crippen molar-refractivity contribution in [3.63, 3.8) is 0 Å². The van der Waals surface area contributed by atoms with Crippen molar-refractivity contribution in [2.75, 3.05) is 0 Å². The number of allylic oxidation sites excluding steroid dienone is 10. The van der Waals surface area contributed by atoms with Crippen molar-refractivity contribution in [3.8, 4) is 0 Å². The van der Waals surface area contributed by atoms with Gasteiger partial charge < -0.3 is 0 Å². The molecule has 0 saturated heterocycles. The van der Waals surface area contributed by atoms with Crippen molar-refractivity contribution in [2.45, 2.75) is 46.0 Å². The predicted octanol–water partition coefficient (Wildman–Crippen LogP) is 5.76. The van der Waals surface area contributed by atoms with E-state index in [0.29, 0.717) is 0 Å². The van der Waals surface area contributed by atoms with Gasteiger partial charge in [-0.15, -0.1) is 0 Å². The van der Waals surface area contributed by atoms with Gasteiger partial charge in [-0.2, -0.15) is 0 Å². The quantitative estimate of drug-likeness (QED) is 0.442. The highest BCUT2D eigenvalue weighted by molar-refractivity contribution is 5.00. The van der Waals surface area contributed by atoms with Crippen molar-refractivity contribution in [1.29, 1.82) is 0 Å². The van der Waals surface area contributed by atoms with Crippen LogP contribution in [0.2, 0.25) is 0 Å². The highest BCUT2D eigenvalue weighted by Gasteiger charge is 1.74. The van der Waals surface area contributed by atoms with E-state index in [-0.39, 0.29) is 0 Å². The van der Waals surface area contributed by atoms with Crippen LogP contribution in [0, 0.1) is 0 Å². The molecule has 94 valence electrons. The minimum absolute atomic E-state index is 1.04. The van der Waals surface area contributed by atoms with Crippen LogP contribution < -0.4 is 0 Å². The number of hydrogen-bond acceptors (Lipinski definition) is 0. The Labute approximate surface area is 107 Å². The van der Waals surface area contributed by atoms with Crippen LogP contribution in [0.4, 0.5) is 0 Å². The number of hydrogen-bond donors (Lipinski definition) is 0. The van der Waals surface area contributed by atoms with Crippen LogP contribution in [0.25, 0.3) is 0 Å². The standard InChI is InChI=1S/C17H26/c1-3-5-7-9-11-13-15-17-16-14-12-10-8-6-4-2/h3,5-6,8-9,11-12,14-15,17H,4,7,10,13,16H2,1-2H3/b5-3+,8-6+,11-9+,14-12+,17-15+. The van der Waals surface area contributed by atoms with Crippen molar-refractivity contribution in [2.24, 2.45) is 0 Å². The van der Waals surface area contributed by atoms with Crippen LogP contribution in [-0.4, -0.2) is 0 Å². The van der Waals surface area contributed by atoms with Gasteiger partial charge in [0.05, 0.1) is 0 Å². The lowest BCUT2D eigenvalue weighted by molar-refractivity contribution is 1.19. The van der Waals surface area contributed by atoms with Crippen LogP contribution in [0.3, 0.4) is 0 Å². The minimum Gasteiger partial charge on any atom is -0.0914 e. The maximum atomic E-state index is 2.22. The zero-order valence-electron chi connectivity index (χ0n) is 11.3. The lowest BCUT2D eigenvalue weighted by Gasteiger charge is -1.84. The average molecular weight is 230 g/mol. The normalized spacial score (nSPS) is 13.3. The predicted molar refractivity (Wildman–Crippen MR) is 80.1 cm³/mol. The monoisotopic (exact) mass is 230 g/mol. The Bertz CT molecular complexity index is 274. The molecule has 0 N–H and O–H groups in total. The van der Waals surface area contributed by atoms with E-state index in [9.17, 15) is 0 Å². The Hall–Kier alpha value is -1.30. The molecule has 17 heavy (non-hydrogen) atoms. The van der Waals surface area contributed by atoms with Crippen LogP contribution in [0.1, 0.15) is 46.0 Å². The molecular formula is C17H26. The molecule has 0 rings (SSSR count). The summed E-state index contributed by atoms with van der Waals surface area (Å²) in [5.74, 6) is 0. The molecule has 0 saturated carbocycles. The van der Waals surface area contributed by atoms with E-state index in [0.717, 1.165) is 32.1 Å². The molecule has 0 nitrogen and oxygen atoms in total. The second-order valence-corrected chi connectivity index (χ2v) is 3.81. The van der Waals surface area contributed by atoms with E-state index < -0.39 is 0 Å². The third-order valence-corrected chi connectivity index (χ3v) is 2.23. The Morgan fingerprint density at radius 1 is 0.529 bits per heavy atom. The molecule has 0 aromatic carbocycles. The topological polar surface area (TPSA) is 0 Å². The summed E-state index contributed by atoms with van der Waals surface area (Å²) in [5, 5.41) is 0. The molecule has 0 radical (unpaired) electrons. The van der Waals surface area contributed by atoms with Gasteiger partial charge >= 0.3 is 0 Å². The summed E-state index contributed by atoms with van der Waals surface area (Å²) in [6, 6.07) is 0. The second-order valence-electron chi connectivity index (χ2n) is 3.81. The smallest absolute Gasteiger partial charge is 0.0169 e. The van der Waals surface area contributed by atoms with Crippen molar-refractivity contribution < 1.29 is 0 Å². The van der Waals surface area contributed by atoms with Crippen LogP contribution in [-0.2, 0) is 0 Å². The van der Waals surface area contributed by atoms with Gasteiger partial charge in [-0.1, -0.05) is 67.7 Å². The molecule has 0 bridgehead atoms. The fourth-order valence-electron chi connectivity index (χ4n) is 1.29. The molecule has 0 aromatic heterocycles. The SMILES string of the molecule is C/C=C/C/C=C/C/C=C/C/C=C/C/C=C/CC. The lowest BCUT2D eigenvalue weighted by atomic mass is 10.2. The van der Waals surface area contributed by atoms with Crippen LogP contribution in [0.5, 0.6) is 0 Å². The Morgan fingerprint density at radius 3 is 1.24 bits per heavy atom. The summed E-state index contributed by atoms with van der Waals surface area (Å²) in [5.41, 5.74) is 0. The molecule has 0 aromatic rings. The molecule has 0 spiro atoms. The molecule has 0 amide bonds. The Balaban J connectivity index is 3.41. The first-order chi connectivity index (χ1) is 8.41. The van der Waals surface area contributed by atoms with Gasteiger partial charge in [0.1, 0.15) is 0 Å². The zero-order valence-corrected chi connectivity index (χ0v) is 11.3. The van der Waals surface area contributed by atoms with Crippen LogP contribution >= 0.6 is 0 Å². The van der Waals surface area contributed by atoms with E-state index in [1.807, 2.05) is 0 Å². The van der Waals surface area contributed by atoms with E-state index in [4.69, 9.17) is 0 Å². The van der Waals surface area contributed by atoms with Gasteiger partial charge in [-0.05, 0) is 39.0 Å². The van der Waals surface area contributed by atoms with Crippen LogP contribution in [0.15, 0.2) is 60.8 Å². The molecule has 0 heteroatoms. The Morgan fingerprint density at radius 2 is 0.882 bits per heavy atom. The van der Waals surface area contributed by atoms with Crippen molar-refractivity contribution >= 4 is 0 Å². The first-order valence-corrected chi connectivity index (χ1v) is 6.63. The highest BCUT2D eigenvalue weighted by Crippen LogP contribution is 1.95. The fourth-order valence-corrected chi connectivity index (χ4v) is 1.29. The summed E-state index contributed by atoms with van der Waals surface area (Å²) in [6.45, 7) is 4.21. The maximum Gasteiger partial charge on any atom is -0.0169 e. The zero-order chi connectivity index (χ0) is 12.6. The molecule has 0 aliphatic rings. The lowest BCUT2D eigenvalue weighted by Crippen LogP contribution is -1.63. The van der Waals surface area contributed by atoms with Gasteiger partial charge in [0.15, 0.2) is 0 Å². The molecular weight excluding hydrogens is 204 g/mol. The molecule has 0 unspecified atom stereocenters. The Kier molecular flexibility index (Phi) is 13.6. The van der Waals surface area contributed by atoms with E-state index in [2.05, 4.69) is 74.6 Å². The first kappa shape index (κ1) is 15.7. The molecule has 0 aliphatic carbocycles. The molecule has 0 atom stereocenters. The largest absolute Gasteiger partial charge is 0.0914 e. The summed E-state index contributed by atoms with van der Waals surface area (Å²) < 4.78 is 0. The number of rotatable bonds is 9. The third kappa shape index (κ3) is 14.7. The van der Waals surface area contributed by atoms with Gasteiger partial charge in [0, 0.05) is 0 Å². The highest BCUT2D eigenvalue weighted by atomic mass is 13.8. The molecule has 0 aliphatic heterocycles. The summed E-state index contributed by atoms with van der Waals surface area (Å²) in [6.07, 6.45) is 27.3.